The molecule has 0 atom stereocenters. The fourth-order valence-corrected chi connectivity index (χ4v) is 3.51. The molecule has 0 spiro atoms. The average Bonchev–Trinajstić information content (AvgIpc) is 2.33. The molecule has 1 aromatic rings. The van der Waals surface area contributed by atoms with Crippen molar-refractivity contribution in [3.05, 3.63) is 35.4 Å². The van der Waals surface area contributed by atoms with Gasteiger partial charge in [0.2, 0.25) is 0 Å². The van der Waals surface area contributed by atoms with Gasteiger partial charge in [-0.2, -0.15) is 0 Å². The SMILES string of the molecule is O=Cc1cccc(C2(F)CCS(=O)(=O)CC2)c1. The summed E-state index contributed by atoms with van der Waals surface area (Å²) in [5.41, 5.74) is -0.811. The Morgan fingerprint density at radius 3 is 2.47 bits per heavy atom. The van der Waals surface area contributed by atoms with Crippen LogP contribution in [-0.2, 0) is 15.5 Å². The molecule has 0 bridgehead atoms. The highest BCUT2D eigenvalue weighted by Crippen LogP contribution is 2.37. The smallest absolute Gasteiger partial charge is 0.150 e. The molecule has 17 heavy (non-hydrogen) atoms. The number of carbonyl (C=O) groups is 1. The van der Waals surface area contributed by atoms with Crippen LogP contribution in [0.2, 0.25) is 0 Å². The second kappa shape index (κ2) is 4.22. The lowest BCUT2D eigenvalue weighted by Crippen LogP contribution is -2.33. The maximum atomic E-state index is 14.6. The van der Waals surface area contributed by atoms with Crippen LogP contribution in [0, 0.1) is 0 Å². The number of carbonyl (C=O) groups excluding carboxylic acids is 1. The van der Waals surface area contributed by atoms with E-state index in [2.05, 4.69) is 0 Å². The van der Waals surface area contributed by atoms with E-state index in [0.717, 1.165) is 0 Å². The van der Waals surface area contributed by atoms with Gasteiger partial charge >= 0.3 is 0 Å². The summed E-state index contributed by atoms with van der Waals surface area (Å²) in [7, 11) is -3.09. The van der Waals surface area contributed by atoms with Crippen molar-refractivity contribution in [2.75, 3.05) is 11.5 Å². The minimum absolute atomic E-state index is 0.0301. The topological polar surface area (TPSA) is 51.2 Å². The van der Waals surface area contributed by atoms with E-state index < -0.39 is 15.5 Å². The van der Waals surface area contributed by atoms with Gasteiger partial charge in [-0.15, -0.1) is 0 Å². The van der Waals surface area contributed by atoms with Gasteiger partial charge in [0.05, 0.1) is 11.5 Å². The number of rotatable bonds is 2. The van der Waals surface area contributed by atoms with E-state index in [-0.39, 0.29) is 24.3 Å². The van der Waals surface area contributed by atoms with E-state index in [4.69, 9.17) is 0 Å². The van der Waals surface area contributed by atoms with E-state index in [1.54, 1.807) is 18.2 Å². The van der Waals surface area contributed by atoms with Crippen LogP contribution in [0.25, 0.3) is 0 Å². The van der Waals surface area contributed by atoms with Crippen molar-refractivity contribution in [2.24, 2.45) is 0 Å². The summed E-state index contributed by atoms with van der Waals surface area (Å²) in [5.74, 6) is -0.260. The van der Waals surface area contributed by atoms with Crippen molar-refractivity contribution in [1.82, 2.24) is 0 Å². The molecule has 1 heterocycles. The largest absolute Gasteiger partial charge is 0.298 e. The Labute approximate surface area is 99.6 Å². The molecule has 0 unspecified atom stereocenters. The molecule has 1 aromatic carbocycles. The van der Waals surface area contributed by atoms with Crippen LogP contribution >= 0.6 is 0 Å². The van der Waals surface area contributed by atoms with Crippen molar-refractivity contribution >= 4 is 16.1 Å². The van der Waals surface area contributed by atoms with Crippen molar-refractivity contribution in [1.29, 1.82) is 0 Å². The fourth-order valence-electron chi connectivity index (χ4n) is 2.04. The predicted octanol–water partition coefficient (Wildman–Crippen LogP) is 1.87. The molecule has 0 N–H and O–H groups in total. The second-order valence-electron chi connectivity index (χ2n) is 4.36. The number of aldehydes is 1. The quantitative estimate of drug-likeness (QED) is 0.759. The maximum Gasteiger partial charge on any atom is 0.150 e. The Bertz CT molecular complexity index is 522. The Morgan fingerprint density at radius 2 is 1.88 bits per heavy atom. The maximum absolute atomic E-state index is 14.6. The Kier molecular flexibility index (Phi) is 3.03. The van der Waals surface area contributed by atoms with Gasteiger partial charge in [-0.1, -0.05) is 18.2 Å². The molecule has 0 radical (unpaired) electrons. The molecule has 2 rings (SSSR count). The van der Waals surface area contributed by atoms with E-state index in [9.17, 15) is 17.6 Å². The van der Waals surface area contributed by atoms with Crippen molar-refractivity contribution in [3.63, 3.8) is 0 Å². The van der Waals surface area contributed by atoms with Gasteiger partial charge in [0.15, 0.2) is 9.84 Å². The number of hydrogen-bond acceptors (Lipinski definition) is 3. The highest BCUT2D eigenvalue weighted by Gasteiger charge is 2.38. The van der Waals surface area contributed by atoms with E-state index in [0.29, 0.717) is 17.4 Å². The Balaban J connectivity index is 2.30. The summed E-state index contributed by atoms with van der Waals surface area (Å²) in [5, 5.41) is 0. The first-order valence-corrected chi connectivity index (χ1v) is 7.22. The zero-order valence-corrected chi connectivity index (χ0v) is 10.0. The summed E-state index contributed by atoms with van der Waals surface area (Å²) in [6, 6.07) is 6.30. The highest BCUT2D eigenvalue weighted by molar-refractivity contribution is 7.91. The van der Waals surface area contributed by atoms with Gasteiger partial charge in [-0.25, -0.2) is 12.8 Å². The summed E-state index contributed by atoms with van der Waals surface area (Å²) in [6.45, 7) is 0. The predicted molar refractivity (Wildman–Crippen MR) is 62.5 cm³/mol. The molecular formula is C12H13FO3S. The van der Waals surface area contributed by atoms with Crippen LogP contribution in [0.3, 0.4) is 0 Å². The van der Waals surface area contributed by atoms with Crippen LogP contribution in [0.15, 0.2) is 24.3 Å². The number of benzene rings is 1. The third-order valence-electron chi connectivity index (χ3n) is 3.16. The molecule has 0 amide bonds. The van der Waals surface area contributed by atoms with Crippen LogP contribution < -0.4 is 0 Å². The Hall–Kier alpha value is -1.23. The third-order valence-corrected chi connectivity index (χ3v) is 4.81. The van der Waals surface area contributed by atoms with Crippen LogP contribution in [0.5, 0.6) is 0 Å². The summed E-state index contributed by atoms with van der Waals surface area (Å²) < 4.78 is 37.1. The standard InChI is InChI=1S/C12H13FO3S/c13-12(4-6-17(15,16)7-5-12)11-3-1-2-10(8-11)9-14/h1-3,8-9H,4-7H2. The summed E-state index contributed by atoms with van der Waals surface area (Å²) in [6.07, 6.45) is 0.599. The van der Waals surface area contributed by atoms with Gasteiger partial charge in [0, 0.05) is 5.56 Å². The molecule has 92 valence electrons. The molecule has 1 aliphatic heterocycles. The number of sulfone groups is 1. The summed E-state index contributed by atoms with van der Waals surface area (Å²) in [4.78, 5) is 10.6. The molecule has 1 aliphatic rings. The lowest BCUT2D eigenvalue weighted by molar-refractivity contribution is 0.112. The van der Waals surface area contributed by atoms with E-state index in [1.165, 1.54) is 6.07 Å². The minimum Gasteiger partial charge on any atom is -0.298 e. The first kappa shape index (κ1) is 12.2. The third kappa shape index (κ3) is 2.54. The van der Waals surface area contributed by atoms with Crippen LogP contribution in [0.1, 0.15) is 28.8 Å². The monoisotopic (exact) mass is 256 g/mol. The van der Waals surface area contributed by atoms with E-state index >= 15 is 0 Å². The molecule has 5 heteroatoms. The van der Waals surface area contributed by atoms with Gasteiger partial charge < -0.3 is 0 Å². The van der Waals surface area contributed by atoms with E-state index in [1.807, 2.05) is 0 Å². The van der Waals surface area contributed by atoms with Crippen LogP contribution in [0.4, 0.5) is 4.39 Å². The van der Waals surface area contributed by atoms with Gasteiger partial charge in [0.1, 0.15) is 12.0 Å². The number of hydrogen-bond donors (Lipinski definition) is 0. The lowest BCUT2D eigenvalue weighted by atomic mass is 9.89. The first-order chi connectivity index (χ1) is 7.95. The molecule has 1 fully saturated rings. The average molecular weight is 256 g/mol. The second-order valence-corrected chi connectivity index (χ2v) is 6.66. The van der Waals surface area contributed by atoms with Crippen molar-refractivity contribution < 1.29 is 17.6 Å². The van der Waals surface area contributed by atoms with Gasteiger partial charge in [-0.05, 0) is 24.5 Å². The first-order valence-electron chi connectivity index (χ1n) is 5.40. The molecule has 1 saturated heterocycles. The van der Waals surface area contributed by atoms with Gasteiger partial charge in [0.25, 0.3) is 0 Å². The fraction of sp³-hybridized carbons (Fsp3) is 0.417. The zero-order chi connectivity index (χ0) is 12.5. The molecule has 3 nitrogen and oxygen atoms in total. The number of halogens is 1. The lowest BCUT2D eigenvalue weighted by Gasteiger charge is -2.29. The zero-order valence-electron chi connectivity index (χ0n) is 9.23. The van der Waals surface area contributed by atoms with Gasteiger partial charge in [-0.3, -0.25) is 4.79 Å². The van der Waals surface area contributed by atoms with Crippen molar-refractivity contribution in [3.8, 4) is 0 Å². The Morgan fingerprint density at radius 1 is 1.24 bits per heavy atom. The number of alkyl halides is 1. The molecule has 0 aliphatic carbocycles. The highest BCUT2D eigenvalue weighted by atomic mass is 32.2. The minimum atomic E-state index is -3.09. The molecule has 0 saturated carbocycles. The normalized spacial score (nSPS) is 21.9. The van der Waals surface area contributed by atoms with Crippen molar-refractivity contribution in [2.45, 2.75) is 18.5 Å². The molecular weight excluding hydrogens is 243 g/mol. The van der Waals surface area contributed by atoms with Crippen LogP contribution in [-0.4, -0.2) is 26.2 Å². The summed E-state index contributed by atoms with van der Waals surface area (Å²) >= 11 is 0. The molecule has 0 aromatic heterocycles.